The molecule has 0 aliphatic rings. The number of fused-ring (bicyclic) bond motifs is 1. The van der Waals surface area contributed by atoms with Crippen LogP contribution in [0.4, 0.5) is 0 Å². The average molecular weight is 424 g/mol. The summed E-state index contributed by atoms with van der Waals surface area (Å²) in [4.78, 5) is 24.1. The van der Waals surface area contributed by atoms with Gasteiger partial charge in [0.15, 0.2) is 11.5 Å². The molecular weight excluding hydrogens is 406 g/mol. The van der Waals surface area contributed by atoms with E-state index in [9.17, 15) is 14.7 Å². The molecule has 0 amide bonds. The van der Waals surface area contributed by atoms with E-state index in [0.29, 0.717) is 17.0 Å². The number of rotatable bonds is 5. The van der Waals surface area contributed by atoms with Crippen molar-refractivity contribution < 1.29 is 15.0 Å². The Kier molecular flexibility index (Phi) is 6.13. The number of halogens is 1. The summed E-state index contributed by atoms with van der Waals surface area (Å²) in [7, 11) is 0. The molecule has 30 heavy (non-hydrogen) atoms. The summed E-state index contributed by atoms with van der Waals surface area (Å²) in [6, 6.07) is 18.4. The SMILES string of the molecule is Cl.O=C(O)CCC(O)=c1c(=O)c(-c2ccccc2)cn2c(-c3ccccc3)nnc12. The number of carbonyl (C=O) groups is 1. The number of aliphatic carboxylic acids is 1. The van der Waals surface area contributed by atoms with Crippen molar-refractivity contribution in [2.75, 3.05) is 0 Å². The number of benzene rings is 2. The van der Waals surface area contributed by atoms with Crippen molar-refractivity contribution in [1.29, 1.82) is 0 Å². The third-order valence-electron chi connectivity index (χ3n) is 4.63. The van der Waals surface area contributed by atoms with Gasteiger partial charge < -0.3 is 10.2 Å². The van der Waals surface area contributed by atoms with Crippen LogP contribution in [-0.2, 0) is 4.79 Å². The number of aliphatic hydroxyl groups is 1. The molecule has 0 bridgehead atoms. The number of aliphatic hydroxyl groups excluding tert-OH is 1. The Bertz CT molecular complexity index is 1310. The van der Waals surface area contributed by atoms with Crippen LogP contribution in [-0.4, -0.2) is 30.8 Å². The Balaban J connectivity index is 0.00000256. The number of pyridine rings is 1. The highest BCUT2D eigenvalue weighted by Crippen LogP contribution is 2.20. The molecule has 0 spiro atoms. The maximum absolute atomic E-state index is 13.2. The first-order valence-electron chi connectivity index (χ1n) is 9.03. The molecule has 8 heteroatoms. The van der Waals surface area contributed by atoms with Crippen molar-refractivity contribution >= 4 is 29.8 Å². The summed E-state index contributed by atoms with van der Waals surface area (Å²) in [6.07, 6.45) is 1.18. The van der Waals surface area contributed by atoms with Gasteiger partial charge >= 0.3 is 5.97 Å². The Hall–Kier alpha value is -3.71. The van der Waals surface area contributed by atoms with E-state index in [-0.39, 0.29) is 41.9 Å². The largest absolute Gasteiger partial charge is 0.511 e. The number of hydrogen-bond donors (Lipinski definition) is 2. The second-order valence-electron chi connectivity index (χ2n) is 6.54. The van der Waals surface area contributed by atoms with Gasteiger partial charge in [-0.2, -0.15) is 0 Å². The van der Waals surface area contributed by atoms with E-state index in [1.807, 2.05) is 48.5 Å². The summed E-state index contributed by atoms with van der Waals surface area (Å²) >= 11 is 0. The van der Waals surface area contributed by atoms with Gasteiger partial charge in [0.1, 0.15) is 11.0 Å². The fourth-order valence-electron chi connectivity index (χ4n) is 3.23. The van der Waals surface area contributed by atoms with Gasteiger partial charge in [0.2, 0.25) is 5.43 Å². The van der Waals surface area contributed by atoms with Crippen molar-refractivity contribution in [1.82, 2.24) is 14.6 Å². The summed E-state index contributed by atoms with van der Waals surface area (Å²) in [5.41, 5.74) is 1.62. The molecule has 0 atom stereocenters. The maximum atomic E-state index is 13.2. The standard InChI is InChI=1S/C22H17N3O4.ClH/c26-17(11-12-18(27)28)19-20(29)16(14-7-3-1-4-8-14)13-25-21(23-24-22(19)25)15-9-5-2-6-10-15;/h1-10,13,26H,11-12H2,(H,27,28);1H. The topological polar surface area (TPSA) is 105 Å². The van der Waals surface area contributed by atoms with Crippen LogP contribution >= 0.6 is 12.4 Å². The molecule has 4 aromatic rings. The van der Waals surface area contributed by atoms with Gasteiger partial charge in [-0.3, -0.25) is 14.0 Å². The van der Waals surface area contributed by atoms with E-state index in [0.717, 1.165) is 5.56 Å². The molecule has 0 aliphatic carbocycles. The number of carboxylic acid groups (broad SMARTS) is 1. The number of carboxylic acids is 1. The zero-order valence-corrected chi connectivity index (χ0v) is 16.5. The van der Waals surface area contributed by atoms with E-state index in [2.05, 4.69) is 10.2 Å². The van der Waals surface area contributed by atoms with E-state index < -0.39 is 11.4 Å². The molecule has 0 saturated heterocycles. The van der Waals surface area contributed by atoms with Crippen LogP contribution in [0.15, 0.2) is 71.7 Å². The predicted molar refractivity (Wildman–Crippen MR) is 116 cm³/mol. The molecule has 7 nitrogen and oxygen atoms in total. The lowest BCUT2D eigenvalue weighted by Crippen LogP contribution is -2.31. The van der Waals surface area contributed by atoms with Crippen LogP contribution in [0.1, 0.15) is 12.8 Å². The first kappa shape index (κ1) is 21.0. The van der Waals surface area contributed by atoms with Crippen molar-refractivity contribution in [3.05, 3.63) is 82.3 Å². The molecule has 152 valence electrons. The van der Waals surface area contributed by atoms with E-state index in [4.69, 9.17) is 5.11 Å². The summed E-state index contributed by atoms with van der Waals surface area (Å²) < 4.78 is 1.66. The van der Waals surface area contributed by atoms with Crippen molar-refractivity contribution in [3.63, 3.8) is 0 Å². The zero-order valence-electron chi connectivity index (χ0n) is 15.7. The molecule has 2 N–H and O–H groups in total. The first-order valence-corrected chi connectivity index (χ1v) is 9.03. The Morgan fingerprint density at radius 1 is 0.867 bits per heavy atom. The normalized spacial score (nSPS) is 11.7. The lowest BCUT2D eigenvalue weighted by atomic mass is 10.1. The van der Waals surface area contributed by atoms with Crippen LogP contribution in [0.5, 0.6) is 0 Å². The maximum Gasteiger partial charge on any atom is 0.303 e. The highest BCUT2D eigenvalue weighted by molar-refractivity contribution is 5.85. The predicted octanol–water partition coefficient (Wildman–Crippen LogP) is 3.10. The fourth-order valence-corrected chi connectivity index (χ4v) is 3.23. The number of aromatic nitrogens is 3. The zero-order chi connectivity index (χ0) is 20.4. The van der Waals surface area contributed by atoms with Crippen molar-refractivity contribution in [3.8, 4) is 22.5 Å². The van der Waals surface area contributed by atoms with Gasteiger partial charge in [-0.1, -0.05) is 60.7 Å². The highest BCUT2D eigenvalue weighted by atomic mass is 35.5. The average Bonchev–Trinajstić information content (AvgIpc) is 3.16. The molecule has 0 saturated carbocycles. The van der Waals surface area contributed by atoms with Crippen LogP contribution in [0.3, 0.4) is 0 Å². The van der Waals surface area contributed by atoms with Crippen molar-refractivity contribution in [2.24, 2.45) is 0 Å². The van der Waals surface area contributed by atoms with Crippen molar-refractivity contribution in [2.45, 2.75) is 12.8 Å². The molecule has 0 unspecified atom stereocenters. The number of hydrogen-bond acceptors (Lipinski definition) is 5. The monoisotopic (exact) mass is 423 g/mol. The van der Waals surface area contributed by atoms with Gasteiger partial charge in [-0.15, -0.1) is 22.6 Å². The van der Waals surface area contributed by atoms with Crippen LogP contribution in [0.2, 0.25) is 0 Å². The van der Waals surface area contributed by atoms with E-state index in [1.54, 1.807) is 22.7 Å². The summed E-state index contributed by atoms with van der Waals surface area (Å²) in [5, 5.41) is 27.8. The third kappa shape index (κ3) is 3.88. The second-order valence-corrected chi connectivity index (χ2v) is 6.54. The fraction of sp³-hybridized carbons (Fsp3) is 0.0909. The molecule has 2 aromatic carbocycles. The smallest absolute Gasteiger partial charge is 0.303 e. The lowest BCUT2D eigenvalue weighted by molar-refractivity contribution is -0.136. The van der Waals surface area contributed by atoms with Crippen LogP contribution in [0, 0.1) is 0 Å². The van der Waals surface area contributed by atoms with Crippen LogP contribution in [0.25, 0.3) is 33.9 Å². The Labute approximate surface area is 177 Å². The second kappa shape index (κ2) is 8.75. The molecule has 2 heterocycles. The molecule has 4 rings (SSSR count). The van der Waals surface area contributed by atoms with E-state index in [1.165, 1.54) is 0 Å². The Morgan fingerprint density at radius 3 is 2.07 bits per heavy atom. The summed E-state index contributed by atoms with van der Waals surface area (Å²) in [5.74, 6) is -0.858. The molecular formula is C22H18ClN3O4. The van der Waals surface area contributed by atoms with E-state index >= 15 is 0 Å². The highest BCUT2D eigenvalue weighted by Gasteiger charge is 2.17. The van der Waals surface area contributed by atoms with Gasteiger partial charge in [0.25, 0.3) is 0 Å². The lowest BCUT2D eigenvalue weighted by Gasteiger charge is -2.06. The third-order valence-corrected chi connectivity index (χ3v) is 4.63. The summed E-state index contributed by atoms with van der Waals surface area (Å²) in [6.45, 7) is 0. The van der Waals surface area contributed by atoms with Gasteiger partial charge in [-0.05, 0) is 5.56 Å². The Morgan fingerprint density at radius 2 is 1.47 bits per heavy atom. The minimum Gasteiger partial charge on any atom is -0.511 e. The number of nitrogens with zero attached hydrogens (tertiary/aromatic N) is 3. The molecule has 0 aliphatic heterocycles. The van der Waals surface area contributed by atoms with Gasteiger partial charge in [-0.25, -0.2) is 0 Å². The van der Waals surface area contributed by atoms with Gasteiger partial charge in [0, 0.05) is 23.7 Å². The molecule has 2 aromatic heterocycles. The molecule has 0 fully saturated rings. The van der Waals surface area contributed by atoms with Crippen LogP contribution < -0.4 is 10.6 Å². The quantitative estimate of drug-likeness (QED) is 0.511. The first-order chi connectivity index (χ1) is 14.1. The minimum absolute atomic E-state index is 0. The minimum atomic E-state index is -1.06. The molecule has 0 radical (unpaired) electrons. The van der Waals surface area contributed by atoms with Gasteiger partial charge in [0.05, 0.1) is 6.42 Å².